The number of furan rings is 1. The van der Waals surface area contributed by atoms with Gasteiger partial charge in [0.15, 0.2) is 0 Å². The van der Waals surface area contributed by atoms with Crippen LogP contribution in [0.4, 0.5) is 5.82 Å². The molecule has 0 radical (unpaired) electrons. The number of nitrogens with zero attached hydrogens (tertiary/aromatic N) is 2. The van der Waals surface area contributed by atoms with E-state index in [9.17, 15) is 9.59 Å². The Morgan fingerprint density at radius 3 is 3.00 bits per heavy atom. The van der Waals surface area contributed by atoms with Crippen molar-refractivity contribution in [3.8, 4) is 0 Å². The van der Waals surface area contributed by atoms with Gasteiger partial charge in [-0.25, -0.2) is 4.98 Å². The monoisotopic (exact) mass is 349 g/mol. The third kappa shape index (κ3) is 3.44. The molecule has 0 atom stereocenters. The van der Waals surface area contributed by atoms with Gasteiger partial charge in [-0.3, -0.25) is 9.59 Å². The summed E-state index contributed by atoms with van der Waals surface area (Å²) in [7, 11) is 0. The van der Waals surface area contributed by atoms with E-state index in [1.54, 1.807) is 29.5 Å². The Kier molecular flexibility index (Phi) is 4.39. The number of hydrogen-bond donors (Lipinski definition) is 1. The van der Waals surface area contributed by atoms with Crippen LogP contribution in [0, 0.1) is 0 Å². The molecule has 2 aliphatic heterocycles. The van der Waals surface area contributed by atoms with Crippen molar-refractivity contribution in [3.63, 3.8) is 0 Å². The van der Waals surface area contributed by atoms with Crippen molar-refractivity contribution < 1.29 is 14.0 Å². The second kappa shape index (κ2) is 7.00. The Morgan fingerprint density at radius 1 is 1.31 bits per heavy atom. The zero-order valence-corrected chi connectivity index (χ0v) is 14.3. The van der Waals surface area contributed by atoms with Crippen LogP contribution in [0.5, 0.6) is 0 Å². The molecule has 2 aromatic heterocycles. The number of nitrogens with one attached hydrogen (secondary N) is 1. The van der Waals surface area contributed by atoms with Gasteiger partial charge in [-0.2, -0.15) is 0 Å². The van der Waals surface area contributed by atoms with Gasteiger partial charge in [0.25, 0.3) is 0 Å². The van der Waals surface area contributed by atoms with Crippen LogP contribution in [-0.2, 0) is 16.0 Å². The highest BCUT2D eigenvalue weighted by Gasteiger charge is 2.18. The first-order valence-electron chi connectivity index (χ1n) is 8.68. The molecule has 0 aliphatic carbocycles. The molecule has 0 aromatic carbocycles. The first-order valence-corrected chi connectivity index (χ1v) is 8.68. The predicted octanol–water partition coefficient (Wildman–Crippen LogP) is 2.89. The first kappa shape index (κ1) is 16.3. The van der Waals surface area contributed by atoms with Crippen molar-refractivity contribution in [1.82, 2.24) is 9.88 Å². The van der Waals surface area contributed by atoms with Gasteiger partial charge in [-0.15, -0.1) is 0 Å². The molecule has 6 heteroatoms. The minimum Gasteiger partial charge on any atom is -0.465 e. The van der Waals surface area contributed by atoms with Crippen LogP contribution in [0.3, 0.4) is 0 Å². The number of pyridine rings is 1. The minimum atomic E-state index is -0.0224. The van der Waals surface area contributed by atoms with E-state index < -0.39 is 0 Å². The average molecular weight is 349 g/mol. The largest absolute Gasteiger partial charge is 0.465 e. The molecule has 6 nitrogen and oxygen atoms in total. The molecule has 2 amide bonds. The van der Waals surface area contributed by atoms with Crippen LogP contribution in [0.1, 0.15) is 29.7 Å². The Labute approximate surface area is 151 Å². The van der Waals surface area contributed by atoms with Crippen molar-refractivity contribution in [1.29, 1.82) is 0 Å². The molecule has 1 N–H and O–H groups in total. The van der Waals surface area contributed by atoms with Crippen LogP contribution >= 0.6 is 0 Å². The Morgan fingerprint density at radius 2 is 2.23 bits per heavy atom. The highest BCUT2D eigenvalue weighted by atomic mass is 16.3. The van der Waals surface area contributed by atoms with E-state index in [4.69, 9.17) is 4.42 Å². The molecule has 0 spiro atoms. The Hall–Kier alpha value is -3.15. The Bertz CT molecular complexity index is 897. The maximum Gasteiger partial charge on any atom is 0.246 e. The molecule has 0 fully saturated rings. The molecular formula is C20H19N3O3. The number of hydrogen-bond acceptors (Lipinski definition) is 4. The van der Waals surface area contributed by atoms with Crippen molar-refractivity contribution in [3.05, 3.63) is 59.7 Å². The van der Waals surface area contributed by atoms with Crippen LogP contribution in [0.15, 0.2) is 47.2 Å². The second-order valence-corrected chi connectivity index (χ2v) is 6.40. The van der Waals surface area contributed by atoms with Gasteiger partial charge < -0.3 is 14.6 Å². The number of carbonyl (C=O) groups excluding carboxylic acids is 2. The molecule has 2 aromatic rings. The molecule has 132 valence electrons. The molecule has 0 bridgehead atoms. The van der Waals surface area contributed by atoms with E-state index in [1.165, 1.54) is 0 Å². The second-order valence-electron chi connectivity index (χ2n) is 6.40. The molecule has 2 aliphatic rings. The minimum absolute atomic E-state index is 0.00413. The average Bonchev–Trinajstić information content (AvgIpc) is 3.21. The first-order chi connectivity index (χ1) is 12.7. The van der Waals surface area contributed by atoms with Gasteiger partial charge in [0.05, 0.1) is 6.26 Å². The van der Waals surface area contributed by atoms with Crippen LogP contribution in [-0.4, -0.2) is 34.8 Å². The molecular weight excluding hydrogens is 330 g/mol. The molecule has 4 rings (SSSR count). The summed E-state index contributed by atoms with van der Waals surface area (Å²) in [4.78, 5) is 29.8. The standard InChI is InChI=1S/C20H19N3O3/c24-18-5-4-16-12-14(13-21-20(16)22-18)3-6-19(25)23-9-7-15(8-10-23)17-2-1-11-26-17/h1-3,6-7,11-13H,4-5,8-10H2,(H,21,22,24)/b6-3+. The molecule has 26 heavy (non-hydrogen) atoms. The lowest BCUT2D eigenvalue weighted by Crippen LogP contribution is -2.33. The van der Waals surface area contributed by atoms with Gasteiger partial charge in [-0.1, -0.05) is 6.08 Å². The lowest BCUT2D eigenvalue weighted by atomic mass is 10.0. The maximum atomic E-state index is 12.4. The van der Waals surface area contributed by atoms with Crippen molar-refractivity contribution in [2.45, 2.75) is 19.3 Å². The van der Waals surface area contributed by atoms with Crippen LogP contribution in [0.25, 0.3) is 11.6 Å². The van der Waals surface area contributed by atoms with E-state index in [2.05, 4.69) is 10.3 Å². The van der Waals surface area contributed by atoms with E-state index in [0.717, 1.165) is 28.9 Å². The van der Waals surface area contributed by atoms with E-state index in [0.29, 0.717) is 31.7 Å². The number of anilines is 1. The summed E-state index contributed by atoms with van der Waals surface area (Å²) in [5.41, 5.74) is 3.00. The Balaban J connectivity index is 1.40. The molecule has 0 unspecified atom stereocenters. The summed E-state index contributed by atoms with van der Waals surface area (Å²) in [6, 6.07) is 5.78. The summed E-state index contributed by atoms with van der Waals surface area (Å²) in [5, 5.41) is 2.76. The third-order valence-electron chi connectivity index (χ3n) is 4.64. The van der Waals surface area contributed by atoms with Gasteiger partial charge in [-0.05, 0) is 53.8 Å². The number of aryl methyl sites for hydroxylation is 1. The van der Waals surface area contributed by atoms with Crippen LogP contribution in [0.2, 0.25) is 0 Å². The van der Waals surface area contributed by atoms with Gasteiger partial charge in [0, 0.05) is 31.8 Å². The van der Waals surface area contributed by atoms with Crippen LogP contribution < -0.4 is 5.32 Å². The number of aromatic nitrogens is 1. The molecule has 4 heterocycles. The molecule has 0 saturated heterocycles. The van der Waals surface area contributed by atoms with Crippen molar-refractivity contribution in [2.24, 2.45) is 0 Å². The quantitative estimate of drug-likeness (QED) is 0.865. The summed E-state index contributed by atoms with van der Waals surface area (Å²) in [5.74, 6) is 1.47. The third-order valence-corrected chi connectivity index (χ3v) is 4.64. The summed E-state index contributed by atoms with van der Waals surface area (Å²) >= 11 is 0. The zero-order chi connectivity index (χ0) is 17.9. The fourth-order valence-corrected chi connectivity index (χ4v) is 3.19. The highest BCUT2D eigenvalue weighted by Crippen LogP contribution is 2.23. The fraction of sp³-hybridized carbons (Fsp3) is 0.250. The normalized spacial score (nSPS) is 17.0. The van der Waals surface area contributed by atoms with Gasteiger partial charge in [0.2, 0.25) is 11.8 Å². The topological polar surface area (TPSA) is 75.4 Å². The fourth-order valence-electron chi connectivity index (χ4n) is 3.19. The summed E-state index contributed by atoms with van der Waals surface area (Å²) in [6.07, 6.45) is 10.7. The van der Waals surface area contributed by atoms with E-state index >= 15 is 0 Å². The molecule has 0 saturated carbocycles. The maximum absolute atomic E-state index is 12.4. The number of rotatable bonds is 3. The SMILES string of the molecule is O=C1CCc2cc(/C=C/C(=O)N3CC=C(c4ccco4)CC3)cnc2N1. The lowest BCUT2D eigenvalue weighted by Gasteiger charge is -2.24. The summed E-state index contributed by atoms with van der Waals surface area (Å²) < 4.78 is 5.41. The number of amides is 2. The van der Waals surface area contributed by atoms with Crippen molar-refractivity contribution in [2.75, 3.05) is 18.4 Å². The predicted molar refractivity (Wildman–Crippen MR) is 98.1 cm³/mol. The van der Waals surface area contributed by atoms with E-state index in [1.807, 2.05) is 24.3 Å². The number of fused-ring (bicyclic) bond motifs is 1. The number of carbonyl (C=O) groups is 2. The summed E-state index contributed by atoms with van der Waals surface area (Å²) in [6.45, 7) is 1.25. The lowest BCUT2D eigenvalue weighted by molar-refractivity contribution is -0.125. The zero-order valence-electron chi connectivity index (χ0n) is 14.3. The smallest absolute Gasteiger partial charge is 0.246 e. The van der Waals surface area contributed by atoms with Gasteiger partial charge in [0.1, 0.15) is 11.6 Å². The highest BCUT2D eigenvalue weighted by molar-refractivity contribution is 5.94. The van der Waals surface area contributed by atoms with Gasteiger partial charge >= 0.3 is 0 Å². The van der Waals surface area contributed by atoms with E-state index in [-0.39, 0.29) is 11.8 Å². The van der Waals surface area contributed by atoms with Crippen molar-refractivity contribution >= 4 is 29.3 Å².